The predicted molar refractivity (Wildman–Crippen MR) is 126 cm³/mol. The highest BCUT2D eigenvalue weighted by Gasteiger charge is 2.51. The van der Waals surface area contributed by atoms with Crippen LogP contribution in [0.15, 0.2) is 54.6 Å². The van der Waals surface area contributed by atoms with E-state index in [-0.39, 0.29) is 24.8 Å². The van der Waals surface area contributed by atoms with Gasteiger partial charge in [-0.2, -0.15) is 0 Å². The van der Waals surface area contributed by atoms with Gasteiger partial charge in [-0.25, -0.2) is 0 Å². The first-order valence-electron chi connectivity index (χ1n) is 11.6. The molecule has 0 aliphatic carbocycles. The van der Waals surface area contributed by atoms with E-state index in [0.29, 0.717) is 31.9 Å². The van der Waals surface area contributed by atoms with Crippen LogP contribution in [0.2, 0.25) is 0 Å². The van der Waals surface area contributed by atoms with E-state index in [4.69, 9.17) is 9.47 Å². The van der Waals surface area contributed by atoms with Gasteiger partial charge in [-0.15, -0.1) is 0 Å². The Balaban J connectivity index is 1.68. The summed E-state index contributed by atoms with van der Waals surface area (Å²) < 4.78 is 10.8. The van der Waals surface area contributed by atoms with Crippen LogP contribution in [0.5, 0.6) is 5.75 Å². The number of amides is 2. The van der Waals surface area contributed by atoms with Crippen LogP contribution in [-0.4, -0.2) is 73.5 Å². The second-order valence-electron chi connectivity index (χ2n) is 8.72. The van der Waals surface area contributed by atoms with Crippen molar-refractivity contribution in [2.75, 3.05) is 39.9 Å². The van der Waals surface area contributed by atoms with Gasteiger partial charge in [0.2, 0.25) is 5.91 Å². The van der Waals surface area contributed by atoms with Gasteiger partial charge in [0.15, 0.2) is 6.61 Å². The van der Waals surface area contributed by atoms with Gasteiger partial charge >= 0.3 is 5.97 Å². The molecular formula is C26H31N3O5. The van der Waals surface area contributed by atoms with Gasteiger partial charge in [0.1, 0.15) is 11.8 Å². The Morgan fingerprint density at radius 1 is 1.03 bits per heavy atom. The van der Waals surface area contributed by atoms with E-state index < -0.39 is 24.0 Å². The van der Waals surface area contributed by atoms with Crippen molar-refractivity contribution in [2.24, 2.45) is 5.92 Å². The third kappa shape index (κ3) is 5.07. The number of hydrogen-bond acceptors (Lipinski definition) is 6. The minimum atomic E-state index is -0.764. The second kappa shape index (κ2) is 10.7. The Morgan fingerprint density at radius 3 is 2.44 bits per heavy atom. The SMILES string of the molecule is COC(=O)C1CC(C(=O)N2CCNCC2)N(C(=O)COc2ccccc2)C1c1cccc(C)c1. The summed E-state index contributed by atoms with van der Waals surface area (Å²) in [6.07, 6.45) is 0.213. The largest absolute Gasteiger partial charge is 0.484 e. The van der Waals surface area contributed by atoms with Crippen LogP contribution in [0.3, 0.4) is 0 Å². The zero-order valence-corrected chi connectivity index (χ0v) is 19.6. The molecule has 2 heterocycles. The fraction of sp³-hybridized carbons (Fsp3) is 0.423. The molecule has 2 aliphatic rings. The molecule has 3 atom stereocenters. The van der Waals surface area contributed by atoms with Crippen molar-refractivity contribution in [3.63, 3.8) is 0 Å². The lowest BCUT2D eigenvalue weighted by molar-refractivity contribution is -0.149. The van der Waals surface area contributed by atoms with Crippen molar-refractivity contribution < 1.29 is 23.9 Å². The van der Waals surface area contributed by atoms with Crippen molar-refractivity contribution in [1.82, 2.24) is 15.1 Å². The molecule has 1 N–H and O–H groups in total. The third-order valence-electron chi connectivity index (χ3n) is 6.49. The first-order valence-corrected chi connectivity index (χ1v) is 11.6. The van der Waals surface area contributed by atoms with Crippen molar-refractivity contribution in [3.05, 3.63) is 65.7 Å². The molecule has 2 amide bonds. The third-order valence-corrected chi connectivity index (χ3v) is 6.49. The number of esters is 1. The van der Waals surface area contributed by atoms with Gasteiger partial charge in [0, 0.05) is 26.2 Å². The number of aryl methyl sites for hydroxylation is 1. The maximum Gasteiger partial charge on any atom is 0.311 e. The highest BCUT2D eigenvalue weighted by Crippen LogP contribution is 2.42. The molecule has 2 aromatic carbocycles. The Morgan fingerprint density at radius 2 is 1.76 bits per heavy atom. The van der Waals surface area contributed by atoms with E-state index in [1.54, 1.807) is 21.9 Å². The molecule has 2 saturated heterocycles. The van der Waals surface area contributed by atoms with E-state index in [0.717, 1.165) is 11.1 Å². The van der Waals surface area contributed by atoms with Gasteiger partial charge in [0.25, 0.3) is 5.91 Å². The summed E-state index contributed by atoms with van der Waals surface area (Å²) in [7, 11) is 1.34. The zero-order valence-electron chi connectivity index (χ0n) is 19.6. The molecule has 2 aliphatic heterocycles. The summed E-state index contributed by atoms with van der Waals surface area (Å²) in [5.74, 6) is -0.987. The van der Waals surface area contributed by atoms with Crippen LogP contribution >= 0.6 is 0 Å². The number of para-hydroxylation sites is 1. The molecule has 34 heavy (non-hydrogen) atoms. The quantitative estimate of drug-likeness (QED) is 0.656. The van der Waals surface area contributed by atoms with Crippen LogP contribution in [0, 0.1) is 12.8 Å². The molecule has 0 bridgehead atoms. The average molecular weight is 466 g/mol. The summed E-state index contributed by atoms with van der Waals surface area (Å²) >= 11 is 0. The predicted octanol–water partition coefficient (Wildman–Crippen LogP) is 1.94. The number of piperazine rings is 1. The fourth-order valence-corrected chi connectivity index (χ4v) is 4.88. The average Bonchev–Trinajstić information content (AvgIpc) is 3.28. The number of nitrogens with one attached hydrogen (secondary N) is 1. The van der Waals surface area contributed by atoms with Gasteiger partial charge in [0.05, 0.1) is 19.1 Å². The molecule has 8 heteroatoms. The molecule has 4 rings (SSSR count). The Bertz CT molecular complexity index is 1020. The minimum Gasteiger partial charge on any atom is -0.484 e. The number of nitrogens with zero attached hydrogens (tertiary/aromatic N) is 2. The van der Waals surface area contributed by atoms with Crippen molar-refractivity contribution in [2.45, 2.75) is 25.4 Å². The summed E-state index contributed by atoms with van der Waals surface area (Å²) in [5.41, 5.74) is 1.81. The topological polar surface area (TPSA) is 88.2 Å². The van der Waals surface area contributed by atoms with E-state index >= 15 is 0 Å². The van der Waals surface area contributed by atoms with Crippen molar-refractivity contribution in [3.8, 4) is 5.75 Å². The van der Waals surface area contributed by atoms with E-state index in [2.05, 4.69) is 5.32 Å². The first kappa shape index (κ1) is 23.8. The van der Waals surface area contributed by atoms with Gasteiger partial charge in [-0.1, -0.05) is 48.0 Å². The maximum absolute atomic E-state index is 13.6. The molecule has 0 spiro atoms. The monoisotopic (exact) mass is 465 g/mol. The van der Waals surface area contributed by atoms with Crippen LogP contribution < -0.4 is 10.1 Å². The molecular weight excluding hydrogens is 434 g/mol. The highest BCUT2D eigenvalue weighted by atomic mass is 16.5. The Labute approximate surface area is 199 Å². The molecule has 3 unspecified atom stereocenters. The highest BCUT2D eigenvalue weighted by molar-refractivity contribution is 5.91. The second-order valence-corrected chi connectivity index (χ2v) is 8.72. The molecule has 2 fully saturated rings. The number of hydrogen-bond donors (Lipinski definition) is 1. The normalized spacial score (nSPS) is 22.4. The van der Waals surface area contributed by atoms with Crippen LogP contribution in [0.4, 0.5) is 0 Å². The summed E-state index contributed by atoms with van der Waals surface area (Å²) in [6.45, 7) is 4.26. The lowest BCUT2D eigenvalue weighted by Gasteiger charge is -2.35. The molecule has 8 nitrogen and oxygen atoms in total. The zero-order chi connectivity index (χ0) is 24.1. The summed E-state index contributed by atoms with van der Waals surface area (Å²) in [6, 6.07) is 15.4. The van der Waals surface area contributed by atoms with E-state index in [1.165, 1.54) is 7.11 Å². The minimum absolute atomic E-state index is 0.140. The first-order chi connectivity index (χ1) is 16.5. The number of likely N-dealkylation sites (tertiary alicyclic amines) is 1. The Hall–Kier alpha value is -3.39. The van der Waals surface area contributed by atoms with Crippen molar-refractivity contribution >= 4 is 17.8 Å². The van der Waals surface area contributed by atoms with E-state index in [9.17, 15) is 14.4 Å². The summed E-state index contributed by atoms with van der Waals surface area (Å²) in [5, 5.41) is 3.24. The molecule has 0 aromatic heterocycles. The van der Waals surface area contributed by atoms with Crippen LogP contribution in [0.1, 0.15) is 23.6 Å². The summed E-state index contributed by atoms with van der Waals surface area (Å²) in [4.78, 5) is 43.4. The standard InChI is InChI=1S/C26H31N3O5/c1-18-7-6-8-19(15-18)24-21(26(32)33-2)16-22(25(31)28-13-11-27-12-14-28)29(24)23(30)17-34-20-9-4-3-5-10-20/h3-10,15,21-22,24,27H,11-14,16-17H2,1-2H3. The molecule has 0 saturated carbocycles. The van der Waals surface area contributed by atoms with Gasteiger partial charge in [-0.05, 0) is 31.0 Å². The Kier molecular flexibility index (Phi) is 7.47. The number of rotatable bonds is 6. The number of carbonyl (C=O) groups is 3. The molecule has 2 aromatic rings. The van der Waals surface area contributed by atoms with E-state index in [1.807, 2.05) is 49.4 Å². The number of methoxy groups -OCH3 is 1. The lowest BCUT2D eigenvalue weighted by Crippen LogP contribution is -2.54. The lowest BCUT2D eigenvalue weighted by atomic mass is 9.92. The maximum atomic E-state index is 13.6. The number of benzene rings is 2. The van der Waals surface area contributed by atoms with Crippen LogP contribution in [0.25, 0.3) is 0 Å². The number of carbonyl (C=O) groups excluding carboxylic acids is 3. The van der Waals surface area contributed by atoms with Gasteiger partial charge in [-0.3, -0.25) is 14.4 Å². The van der Waals surface area contributed by atoms with Gasteiger partial charge < -0.3 is 24.6 Å². The van der Waals surface area contributed by atoms with Crippen molar-refractivity contribution in [1.29, 1.82) is 0 Å². The fourth-order valence-electron chi connectivity index (χ4n) is 4.88. The molecule has 180 valence electrons. The molecule has 0 radical (unpaired) electrons. The van der Waals surface area contributed by atoms with Crippen LogP contribution in [-0.2, 0) is 19.1 Å². The smallest absolute Gasteiger partial charge is 0.311 e. The number of ether oxygens (including phenoxy) is 2.